The van der Waals surface area contributed by atoms with E-state index < -0.39 is 5.97 Å². The molecular weight excluding hydrogens is 146 g/mol. The first-order valence-corrected chi connectivity index (χ1v) is 3.71. The summed E-state index contributed by atoms with van der Waals surface area (Å²) in [5, 5.41) is 11.2. The molecule has 0 fully saturated rings. The van der Waals surface area contributed by atoms with Crippen molar-refractivity contribution in [1.29, 1.82) is 0 Å². The van der Waals surface area contributed by atoms with Gasteiger partial charge in [0, 0.05) is 13.0 Å². The van der Waals surface area contributed by atoms with Crippen molar-refractivity contribution < 1.29 is 14.6 Å². The van der Waals surface area contributed by atoms with Crippen LogP contribution in [0.3, 0.4) is 0 Å². The van der Waals surface area contributed by atoms with Crippen molar-refractivity contribution in [2.24, 2.45) is 0 Å². The maximum absolute atomic E-state index is 10.1. The Morgan fingerprint density at radius 3 is 2.73 bits per heavy atom. The zero-order valence-electron chi connectivity index (χ0n) is 6.96. The third-order valence-corrected chi connectivity index (χ3v) is 1.31. The topological polar surface area (TPSA) is 58.6 Å². The quantitative estimate of drug-likeness (QED) is 0.555. The molecule has 1 unspecified atom stereocenters. The highest BCUT2D eigenvalue weighted by atomic mass is 16.5. The van der Waals surface area contributed by atoms with E-state index in [0.29, 0.717) is 13.0 Å². The molecule has 0 aliphatic heterocycles. The highest BCUT2D eigenvalue weighted by Crippen LogP contribution is 1.97. The standard InChI is InChI=1S/C7H15NO3/c1-3-11-6(8-2)4-5-7(9)10/h6,8H,3-5H2,1-2H3,(H,9,10). The molecular formula is C7H15NO3. The molecule has 0 aromatic rings. The van der Waals surface area contributed by atoms with Crippen molar-refractivity contribution in [2.75, 3.05) is 13.7 Å². The van der Waals surface area contributed by atoms with Crippen LogP contribution in [-0.4, -0.2) is 31.0 Å². The van der Waals surface area contributed by atoms with E-state index in [1.807, 2.05) is 6.92 Å². The molecule has 0 aliphatic rings. The molecule has 0 aliphatic carbocycles. The summed E-state index contributed by atoms with van der Waals surface area (Å²) in [7, 11) is 1.75. The van der Waals surface area contributed by atoms with Crippen LogP contribution in [0.25, 0.3) is 0 Å². The number of carbonyl (C=O) groups is 1. The molecule has 0 radical (unpaired) electrons. The second-order valence-corrected chi connectivity index (χ2v) is 2.17. The first-order chi connectivity index (χ1) is 5.20. The minimum Gasteiger partial charge on any atom is -0.481 e. The summed E-state index contributed by atoms with van der Waals surface area (Å²) < 4.78 is 5.17. The summed E-state index contributed by atoms with van der Waals surface area (Å²) in [6.45, 7) is 2.48. The smallest absolute Gasteiger partial charge is 0.303 e. The van der Waals surface area contributed by atoms with Gasteiger partial charge in [-0.3, -0.25) is 10.1 Å². The fourth-order valence-corrected chi connectivity index (χ4v) is 0.767. The zero-order valence-corrected chi connectivity index (χ0v) is 6.96. The molecule has 0 aromatic heterocycles. The Morgan fingerprint density at radius 1 is 1.73 bits per heavy atom. The number of nitrogens with one attached hydrogen (secondary N) is 1. The van der Waals surface area contributed by atoms with Crippen molar-refractivity contribution in [3.63, 3.8) is 0 Å². The minimum atomic E-state index is -0.787. The summed E-state index contributed by atoms with van der Waals surface area (Å²) in [5.41, 5.74) is 0. The first kappa shape index (κ1) is 10.4. The van der Waals surface area contributed by atoms with Gasteiger partial charge in [-0.25, -0.2) is 0 Å². The maximum atomic E-state index is 10.1. The Morgan fingerprint density at radius 2 is 2.36 bits per heavy atom. The van der Waals surface area contributed by atoms with Crippen LogP contribution in [0.1, 0.15) is 19.8 Å². The van der Waals surface area contributed by atoms with Crippen molar-refractivity contribution in [2.45, 2.75) is 26.0 Å². The van der Waals surface area contributed by atoms with Crippen molar-refractivity contribution >= 4 is 5.97 Å². The number of carboxylic acid groups (broad SMARTS) is 1. The molecule has 0 heterocycles. The molecule has 4 nitrogen and oxygen atoms in total. The van der Waals surface area contributed by atoms with Gasteiger partial charge in [-0.05, 0) is 20.4 Å². The Balaban J connectivity index is 3.43. The Labute approximate surface area is 66.5 Å². The van der Waals surface area contributed by atoms with Gasteiger partial charge in [0.2, 0.25) is 0 Å². The predicted molar refractivity (Wildman–Crippen MR) is 41.3 cm³/mol. The van der Waals surface area contributed by atoms with E-state index >= 15 is 0 Å². The molecule has 2 N–H and O–H groups in total. The van der Waals surface area contributed by atoms with Crippen LogP contribution in [0, 0.1) is 0 Å². The van der Waals surface area contributed by atoms with Crippen molar-refractivity contribution in [1.82, 2.24) is 5.32 Å². The second kappa shape index (κ2) is 6.12. The zero-order chi connectivity index (χ0) is 8.69. The van der Waals surface area contributed by atoms with Crippen LogP contribution < -0.4 is 5.32 Å². The summed E-state index contributed by atoms with van der Waals surface area (Å²) in [6.07, 6.45) is 0.529. The van der Waals surface area contributed by atoms with Gasteiger partial charge >= 0.3 is 5.97 Å². The van der Waals surface area contributed by atoms with E-state index in [1.54, 1.807) is 7.05 Å². The maximum Gasteiger partial charge on any atom is 0.303 e. The van der Waals surface area contributed by atoms with E-state index in [4.69, 9.17) is 9.84 Å². The van der Waals surface area contributed by atoms with Crippen LogP contribution >= 0.6 is 0 Å². The third kappa shape index (κ3) is 5.82. The van der Waals surface area contributed by atoms with Gasteiger partial charge < -0.3 is 9.84 Å². The molecule has 0 amide bonds. The fraction of sp³-hybridized carbons (Fsp3) is 0.857. The lowest BCUT2D eigenvalue weighted by molar-refractivity contribution is -0.138. The molecule has 0 aromatic carbocycles. The Kier molecular flexibility index (Phi) is 5.78. The summed E-state index contributed by atoms with van der Waals surface area (Å²) in [5.74, 6) is -0.787. The largest absolute Gasteiger partial charge is 0.481 e. The lowest BCUT2D eigenvalue weighted by Gasteiger charge is -2.14. The monoisotopic (exact) mass is 161 g/mol. The van der Waals surface area contributed by atoms with E-state index in [1.165, 1.54) is 0 Å². The normalized spacial score (nSPS) is 12.9. The number of hydrogen-bond acceptors (Lipinski definition) is 3. The molecule has 1 atom stereocenters. The number of ether oxygens (including phenoxy) is 1. The SMILES string of the molecule is CCOC(CCC(=O)O)NC. The minimum absolute atomic E-state index is 0.129. The van der Waals surface area contributed by atoms with Gasteiger partial charge in [-0.15, -0.1) is 0 Å². The van der Waals surface area contributed by atoms with Crippen molar-refractivity contribution in [3.05, 3.63) is 0 Å². The summed E-state index contributed by atoms with van der Waals surface area (Å²) in [4.78, 5) is 10.1. The van der Waals surface area contributed by atoms with Gasteiger partial charge in [0.25, 0.3) is 0 Å². The average Bonchev–Trinajstić information content (AvgIpc) is 1.97. The van der Waals surface area contributed by atoms with Gasteiger partial charge in [-0.1, -0.05) is 0 Å². The van der Waals surface area contributed by atoms with Gasteiger partial charge in [0.05, 0.1) is 0 Å². The van der Waals surface area contributed by atoms with Crippen LogP contribution in [0.15, 0.2) is 0 Å². The lowest BCUT2D eigenvalue weighted by atomic mass is 10.3. The van der Waals surface area contributed by atoms with E-state index in [0.717, 1.165) is 0 Å². The van der Waals surface area contributed by atoms with Gasteiger partial charge in [0.1, 0.15) is 6.23 Å². The van der Waals surface area contributed by atoms with E-state index in [-0.39, 0.29) is 12.6 Å². The summed E-state index contributed by atoms with van der Waals surface area (Å²) in [6, 6.07) is 0. The molecule has 0 saturated heterocycles. The average molecular weight is 161 g/mol. The molecule has 0 saturated carbocycles. The Hall–Kier alpha value is -0.610. The van der Waals surface area contributed by atoms with Crippen LogP contribution in [0.4, 0.5) is 0 Å². The lowest BCUT2D eigenvalue weighted by Crippen LogP contribution is -2.28. The number of aliphatic carboxylic acids is 1. The molecule has 0 rings (SSSR count). The molecule has 66 valence electrons. The number of carboxylic acids is 1. The summed E-state index contributed by atoms with van der Waals surface area (Å²) >= 11 is 0. The highest BCUT2D eigenvalue weighted by Gasteiger charge is 2.06. The molecule has 4 heteroatoms. The Bertz CT molecular complexity index is 116. The molecule has 0 spiro atoms. The van der Waals surface area contributed by atoms with E-state index in [2.05, 4.69) is 5.32 Å². The van der Waals surface area contributed by atoms with Crippen LogP contribution in [0.2, 0.25) is 0 Å². The third-order valence-electron chi connectivity index (χ3n) is 1.31. The predicted octanol–water partition coefficient (Wildman–Crippen LogP) is 0.433. The van der Waals surface area contributed by atoms with Gasteiger partial charge in [0.15, 0.2) is 0 Å². The number of hydrogen-bond donors (Lipinski definition) is 2. The molecule has 11 heavy (non-hydrogen) atoms. The fourth-order valence-electron chi connectivity index (χ4n) is 0.767. The first-order valence-electron chi connectivity index (χ1n) is 3.71. The molecule has 0 bridgehead atoms. The highest BCUT2D eigenvalue weighted by molar-refractivity contribution is 5.66. The van der Waals surface area contributed by atoms with Crippen LogP contribution in [-0.2, 0) is 9.53 Å². The van der Waals surface area contributed by atoms with E-state index in [9.17, 15) is 4.79 Å². The second-order valence-electron chi connectivity index (χ2n) is 2.17. The van der Waals surface area contributed by atoms with Crippen molar-refractivity contribution in [3.8, 4) is 0 Å². The van der Waals surface area contributed by atoms with Crippen LogP contribution in [0.5, 0.6) is 0 Å². The van der Waals surface area contributed by atoms with Gasteiger partial charge in [-0.2, -0.15) is 0 Å². The number of rotatable bonds is 6.